The third-order valence-electron chi connectivity index (χ3n) is 2.10. The molecule has 3 heteroatoms. The lowest BCUT2D eigenvalue weighted by molar-refractivity contribution is 0.474. The Morgan fingerprint density at radius 1 is 0.938 bits per heavy atom. The standard InChI is InChI=1S/C13H11NO.ClH/c15-13-4-2-1-3-12(13)6-5-11-7-9-14-10-8-11;/h1-10,15H;1H. The molecule has 2 nitrogen and oxygen atoms in total. The van der Waals surface area contributed by atoms with Crippen molar-refractivity contribution in [2.45, 2.75) is 0 Å². The van der Waals surface area contributed by atoms with Crippen molar-refractivity contribution in [2.24, 2.45) is 0 Å². The predicted octanol–water partition coefficient (Wildman–Crippen LogP) is 3.38. The summed E-state index contributed by atoms with van der Waals surface area (Å²) >= 11 is 0. The Hall–Kier alpha value is -1.80. The van der Waals surface area contributed by atoms with E-state index in [1.807, 2.05) is 36.4 Å². The second-order valence-corrected chi connectivity index (χ2v) is 3.17. The molecule has 1 N–H and O–H groups in total. The topological polar surface area (TPSA) is 33.1 Å². The van der Waals surface area contributed by atoms with Crippen LogP contribution in [0, 0.1) is 0 Å². The summed E-state index contributed by atoms with van der Waals surface area (Å²) in [7, 11) is 0. The van der Waals surface area contributed by atoms with Gasteiger partial charge in [0, 0.05) is 18.0 Å². The van der Waals surface area contributed by atoms with Gasteiger partial charge in [-0.25, -0.2) is 0 Å². The first-order chi connectivity index (χ1) is 7.36. The van der Waals surface area contributed by atoms with E-state index in [2.05, 4.69) is 4.98 Å². The van der Waals surface area contributed by atoms with Gasteiger partial charge in [-0.1, -0.05) is 30.4 Å². The molecular weight excluding hydrogens is 222 g/mol. The maximum Gasteiger partial charge on any atom is 0.122 e. The molecule has 2 rings (SSSR count). The minimum atomic E-state index is 0. The molecule has 0 atom stereocenters. The Balaban J connectivity index is 0.00000128. The zero-order valence-electron chi connectivity index (χ0n) is 8.58. The van der Waals surface area contributed by atoms with Crippen molar-refractivity contribution in [3.05, 3.63) is 59.9 Å². The largest absolute Gasteiger partial charge is 0.507 e. The third-order valence-corrected chi connectivity index (χ3v) is 2.10. The Morgan fingerprint density at radius 2 is 1.62 bits per heavy atom. The van der Waals surface area contributed by atoms with E-state index in [0.717, 1.165) is 11.1 Å². The molecule has 0 radical (unpaired) electrons. The lowest BCUT2D eigenvalue weighted by atomic mass is 10.1. The first-order valence-corrected chi connectivity index (χ1v) is 4.72. The summed E-state index contributed by atoms with van der Waals surface area (Å²) in [6.07, 6.45) is 7.30. The summed E-state index contributed by atoms with van der Waals surface area (Å²) in [5.74, 6) is 0.294. The monoisotopic (exact) mass is 233 g/mol. The predicted molar refractivity (Wildman–Crippen MR) is 68.5 cm³/mol. The van der Waals surface area contributed by atoms with Crippen LogP contribution in [0.25, 0.3) is 12.2 Å². The average molecular weight is 234 g/mol. The fraction of sp³-hybridized carbons (Fsp3) is 0. The zero-order valence-corrected chi connectivity index (χ0v) is 9.39. The quantitative estimate of drug-likeness (QED) is 0.863. The lowest BCUT2D eigenvalue weighted by Gasteiger charge is -1.97. The van der Waals surface area contributed by atoms with Crippen molar-refractivity contribution in [3.8, 4) is 5.75 Å². The summed E-state index contributed by atoms with van der Waals surface area (Å²) in [5.41, 5.74) is 1.88. The summed E-state index contributed by atoms with van der Waals surface area (Å²) in [5, 5.41) is 9.52. The van der Waals surface area contributed by atoms with Gasteiger partial charge in [-0.05, 0) is 23.8 Å². The maximum atomic E-state index is 9.52. The van der Waals surface area contributed by atoms with E-state index in [4.69, 9.17) is 0 Å². The molecular formula is C13H12ClNO. The van der Waals surface area contributed by atoms with E-state index in [9.17, 15) is 5.11 Å². The number of benzene rings is 1. The molecule has 0 fully saturated rings. The number of hydrogen-bond donors (Lipinski definition) is 1. The van der Waals surface area contributed by atoms with Gasteiger partial charge in [-0.15, -0.1) is 12.4 Å². The first-order valence-electron chi connectivity index (χ1n) is 4.72. The smallest absolute Gasteiger partial charge is 0.122 e. The highest BCUT2D eigenvalue weighted by atomic mass is 35.5. The molecule has 0 aliphatic carbocycles. The zero-order chi connectivity index (χ0) is 10.5. The van der Waals surface area contributed by atoms with Crippen LogP contribution < -0.4 is 0 Å². The van der Waals surface area contributed by atoms with Gasteiger partial charge in [0.25, 0.3) is 0 Å². The van der Waals surface area contributed by atoms with Crippen LogP contribution in [0.2, 0.25) is 0 Å². The van der Waals surface area contributed by atoms with Crippen LogP contribution in [0.1, 0.15) is 11.1 Å². The SMILES string of the molecule is Cl.Oc1ccccc1C=Cc1ccncc1. The number of aromatic hydroxyl groups is 1. The number of hydrogen-bond acceptors (Lipinski definition) is 2. The molecule has 0 saturated heterocycles. The fourth-order valence-electron chi connectivity index (χ4n) is 1.29. The maximum absolute atomic E-state index is 9.52. The van der Waals surface area contributed by atoms with Crippen molar-refractivity contribution in [1.82, 2.24) is 4.98 Å². The van der Waals surface area contributed by atoms with Crippen molar-refractivity contribution in [2.75, 3.05) is 0 Å². The molecule has 1 heterocycles. The molecule has 0 bridgehead atoms. The van der Waals surface area contributed by atoms with Gasteiger partial charge in [0.1, 0.15) is 5.75 Å². The molecule has 16 heavy (non-hydrogen) atoms. The highest BCUT2D eigenvalue weighted by Gasteiger charge is 1.93. The van der Waals surface area contributed by atoms with Gasteiger partial charge >= 0.3 is 0 Å². The molecule has 0 saturated carbocycles. The van der Waals surface area contributed by atoms with Crippen LogP contribution in [0.5, 0.6) is 5.75 Å². The number of para-hydroxylation sites is 1. The number of phenols is 1. The summed E-state index contributed by atoms with van der Waals surface area (Å²) < 4.78 is 0. The second-order valence-electron chi connectivity index (χ2n) is 3.17. The van der Waals surface area contributed by atoms with E-state index in [0.29, 0.717) is 5.75 Å². The normalized spacial score (nSPS) is 10.0. The van der Waals surface area contributed by atoms with Crippen LogP contribution >= 0.6 is 12.4 Å². The van der Waals surface area contributed by atoms with Gasteiger partial charge < -0.3 is 5.11 Å². The minimum absolute atomic E-state index is 0. The van der Waals surface area contributed by atoms with Gasteiger partial charge in [-0.3, -0.25) is 4.98 Å². The molecule has 82 valence electrons. The van der Waals surface area contributed by atoms with Gasteiger partial charge in [0.05, 0.1) is 0 Å². The van der Waals surface area contributed by atoms with Gasteiger partial charge in [0.2, 0.25) is 0 Å². The number of aromatic nitrogens is 1. The van der Waals surface area contributed by atoms with E-state index in [-0.39, 0.29) is 12.4 Å². The van der Waals surface area contributed by atoms with E-state index in [1.54, 1.807) is 24.5 Å². The molecule has 0 spiro atoms. The highest BCUT2D eigenvalue weighted by molar-refractivity contribution is 5.85. The second kappa shape index (κ2) is 5.93. The van der Waals surface area contributed by atoms with Gasteiger partial charge in [0.15, 0.2) is 0 Å². The third kappa shape index (κ3) is 3.11. The molecule has 0 aliphatic heterocycles. The minimum Gasteiger partial charge on any atom is -0.507 e. The van der Waals surface area contributed by atoms with Crippen LogP contribution in [-0.4, -0.2) is 10.1 Å². The van der Waals surface area contributed by atoms with Crippen molar-refractivity contribution >= 4 is 24.6 Å². The number of rotatable bonds is 2. The van der Waals surface area contributed by atoms with Crippen molar-refractivity contribution in [3.63, 3.8) is 0 Å². The summed E-state index contributed by atoms with van der Waals surface area (Å²) in [4.78, 5) is 3.93. The Morgan fingerprint density at radius 3 is 2.31 bits per heavy atom. The number of nitrogens with zero attached hydrogens (tertiary/aromatic N) is 1. The van der Waals surface area contributed by atoms with E-state index >= 15 is 0 Å². The van der Waals surface area contributed by atoms with Crippen molar-refractivity contribution < 1.29 is 5.11 Å². The molecule has 1 aromatic heterocycles. The summed E-state index contributed by atoms with van der Waals surface area (Å²) in [6, 6.07) is 11.1. The van der Waals surface area contributed by atoms with E-state index < -0.39 is 0 Å². The summed E-state index contributed by atoms with van der Waals surface area (Å²) in [6.45, 7) is 0. The van der Waals surface area contributed by atoms with E-state index in [1.165, 1.54) is 0 Å². The average Bonchev–Trinajstić information content (AvgIpc) is 2.29. The van der Waals surface area contributed by atoms with Crippen LogP contribution in [0.3, 0.4) is 0 Å². The number of pyridine rings is 1. The first kappa shape index (κ1) is 12.3. The Labute approximate surface area is 101 Å². The fourth-order valence-corrected chi connectivity index (χ4v) is 1.29. The molecule has 1 aromatic carbocycles. The van der Waals surface area contributed by atoms with Crippen molar-refractivity contribution in [1.29, 1.82) is 0 Å². The Kier molecular flexibility index (Phi) is 4.55. The Bertz CT molecular complexity index is 468. The molecule has 0 aliphatic rings. The van der Waals surface area contributed by atoms with Gasteiger partial charge in [-0.2, -0.15) is 0 Å². The molecule has 0 unspecified atom stereocenters. The van der Waals surface area contributed by atoms with Crippen LogP contribution in [0.4, 0.5) is 0 Å². The highest BCUT2D eigenvalue weighted by Crippen LogP contribution is 2.18. The number of phenolic OH excluding ortho intramolecular Hbond substituents is 1. The molecule has 2 aromatic rings. The van der Waals surface area contributed by atoms with Crippen LogP contribution in [0.15, 0.2) is 48.8 Å². The lowest BCUT2D eigenvalue weighted by Crippen LogP contribution is -1.74. The number of halogens is 1. The molecule has 0 amide bonds. The van der Waals surface area contributed by atoms with Crippen LogP contribution in [-0.2, 0) is 0 Å².